The van der Waals surface area contributed by atoms with Gasteiger partial charge < -0.3 is 0 Å². The van der Waals surface area contributed by atoms with Crippen molar-refractivity contribution in [3.63, 3.8) is 0 Å². The smallest absolute Gasteiger partial charge is 0.282 e. The highest BCUT2D eigenvalue weighted by molar-refractivity contribution is 7.86. The van der Waals surface area contributed by atoms with Crippen LogP contribution in [-0.2, 0) is 20.2 Å². The zero-order valence-corrected chi connectivity index (χ0v) is 21.1. The second kappa shape index (κ2) is 10.7. The molecule has 0 bridgehead atoms. The Bertz CT molecular complexity index is 1160. The SMILES string of the molecule is CCC(CC(C)c1ccc(C(CC)CC)c(S(=O)(=O)O)c1Cl)c1cccc(S(=O)(=O)O)c1. The summed E-state index contributed by atoms with van der Waals surface area (Å²) in [5, 5.41) is 0.0333. The summed E-state index contributed by atoms with van der Waals surface area (Å²) in [6.45, 7) is 7.80. The molecule has 2 aromatic carbocycles. The molecule has 2 atom stereocenters. The summed E-state index contributed by atoms with van der Waals surface area (Å²) in [6.07, 6.45) is 2.70. The van der Waals surface area contributed by atoms with E-state index >= 15 is 0 Å². The molecule has 32 heavy (non-hydrogen) atoms. The Balaban J connectivity index is 2.48. The van der Waals surface area contributed by atoms with E-state index in [4.69, 9.17) is 11.6 Å². The Morgan fingerprint density at radius 3 is 1.91 bits per heavy atom. The van der Waals surface area contributed by atoms with Gasteiger partial charge in [0.25, 0.3) is 20.2 Å². The molecular formula is C23H31ClO6S2. The maximum Gasteiger partial charge on any atom is 0.296 e. The average Bonchev–Trinajstić information content (AvgIpc) is 2.71. The monoisotopic (exact) mass is 502 g/mol. The molecule has 0 amide bonds. The van der Waals surface area contributed by atoms with Gasteiger partial charge in [-0.1, -0.05) is 63.6 Å². The molecule has 178 valence electrons. The molecule has 0 fully saturated rings. The minimum absolute atomic E-state index is 0.0333. The Morgan fingerprint density at radius 2 is 1.41 bits per heavy atom. The molecule has 0 saturated heterocycles. The number of rotatable bonds is 10. The average molecular weight is 503 g/mol. The van der Waals surface area contributed by atoms with Gasteiger partial charge in [0.15, 0.2) is 0 Å². The summed E-state index contributed by atoms with van der Waals surface area (Å²) >= 11 is 6.56. The number of benzene rings is 2. The molecule has 0 radical (unpaired) electrons. The summed E-state index contributed by atoms with van der Waals surface area (Å²) in [7, 11) is -8.83. The fraction of sp³-hybridized carbons (Fsp3) is 0.478. The lowest BCUT2D eigenvalue weighted by Gasteiger charge is -2.24. The minimum Gasteiger partial charge on any atom is -0.282 e. The highest BCUT2D eigenvalue weighted by Gasteiger charge is 2.28. The third kappa shape index (κ3) is 6.11. The van der Waals surface area contributed by atoms with Crippen LogP contribution in [0.1, 0.15) is 87.8 Å². The van der Waals surface area contributed by atoms with E-state index in [1.54, 1.807) is 18.2 Å². The van der Waals surface area contributed by atoms with Crippen molar-refractivity contribution in [2.75, 3.05) is 0 Å². The zero-order chi connectivity index (χ0) is 24.3. The normalized spacial score (nSPS) is 14.5. The first-order chi connectivity index (χ1) is 14.8. The van der Waals surface area contributed by atoms with Crippen LogP contribution in [0.25, 0.3) is 0 Å². The lowest BCUT2D eigenvalue weighted by Crippen LogP contribution is -2.11. The van der Waals surface area contributed by atoms with Gasteiger partial charge in [0.1, 0.15) is 4.90 Å². The topological polar surface area (TPSA) is 109 Å². The first kappa shape index (κ1) is 26.8. The van der Waals surface area contributed by atoms with Crippen molar-refractivity contribution >= 4 is 31.8 Å². The summed E-state index contributed by atoms with van der Waals surface area (Å²) < 4.78 is 66.7. The summed E-state index contributed by atoms with van der Waals surface area (Å²) in [5.74, 6) is -0.255. The molecule has 2 N–H and O–H groups in total. The fourth-order valence-corrected chi connectivity index (χ4v) is 6.36. The van der Waals surface area contributed by atoms with Crippen LogP contribution in [0.4, 0.5) is 0 Å². The van der Waals surface area contributed by atoms with Gasteiger partial charge in [0.05, 0.1) is 9.92 Å². The van der Waals surface area contributed by atoms with Crippen LogP contribution in [-0.4, -0.2) is 25.9 Å². The number of hydrogen-bond acceptors (Lipinski definition) is 4. The van der Waals surface area contributed by atoms with Crippen molar-refractivity contribution in [3.05, 3.63) is 58.1 Å². The third-order valence-electron chi connectivity index (χ3n) is 6.13. The van der Waals surface area contributed by atoms with Gasteiger partial charge in [-0.2, -0.15) is 16.8 Å². The Hall–Kier alpha value is -1.45. The van der Waals surface area contributed by atoms with E-state index in [1.807, 2.05) is 33.8 Å². The molecule has 9 heteroatoms. The van der Waals surface area contributed by atoms with Crippen molar-refractivity contribution < 1.29 is 25.9 Å². The molecule has 0 heterocycles. The molecule has 0 saturated carbocycles. The maximum atomic E-state index is 12.2. The largest absolute Gasteiger partial charge is 0.296 e. The lowest BCUT2D eigenvalue weighted by molar-refractivity contribution is 0.478. The minimum atomic E-state index is -4.52. The molecule has 2 aromatic rings. The molecule has 6 nitrogen and oxygen atoms in total. The van der Waals surface area contributed by atoms with Crippen molar-refractivity contribution in [2.45, 2.75) is 80.9 Å². The van der Waals surface area contributed by atoms with Crippen LogP contribution in [0.5, 0.6) is 0 Å². The zero-order valence-electron chi connectivity index (χ0n) is 18.7. The van der Waals surface area contributed by atoms with Crippen LogP contribution < -0.4 is 0 Å². The van der Waals surface area contributed by atoms with Crippen molar-refractivity contribution in [2.24, 2.45) is 0 Å². The van der Waals surface area contributed by atoms with Gasteiger partial charge in [-0.3, -0.25) is 9.11 Å². The van der Waals surface area contributed by atoms with Gasteiger partial charge in [0.2, 0.25) is 0 Å². The highest BCUT2D eigenvalue weighted by atomic mass is 35.5. The molecular weight excluding hydrogens is 472 g/mol. The Morgan fingerprint density at radius 1 is 0.844 bits per heavy atom. The van der Waals surface area contributed by atoms with Crippen LogP contribution in [0.15, 0.2) is 46.2 Å². The van der Waals surface area contributed by atoms with E-state index in [0.29, 0.717) is 36.8 Å². The highest BCUT2D eigenvalue weighted by Crippen LogP contribution is 2.41. The first-order valence-corrected chi connectivity index (χ1v) is 14.0. The predicted octanol–water partition coefficient (Wildman–Crippen LogP) is 6.42. The van der Waals surface area contributed by atoms with Gasteiger partial charge >= 0.3 is 0 Å². The van der Waals surface area contributed by atoms with E-state index in [0.717, 1.165) is 5.56 Å². The third-order valence-corrected chi connectivity index (χ3v) is 8.45. The Labute approximate surface area is 196 Å². The quantitative estimate of drug-likeness (QED) is 0.362. The van der Waals surface area contributed by atoms with Crippen molar-refractivity contribution in [1.82, 2.24) is 0 Å². The maximum absolute atomic E-state index is 12.2. The fourth-order valence-electron chi connectivity index (χ4n) is 4.30. The molecule has 2 rings (SSSR count). The predicted molar refractivity (Wildman–Crippen MR) is 127 cm³/mol. The number of halogens is 1. The van der Waals surface area contributed by atoms with Crippen LogP contribution in [0, 0.1) is 0 Å². The standard InChI is InChI=1S/C23H31ClO6S2/c1-5-16(6-2)21-12-11-20(22(24)23(21)32(28,29)30)15(4)13-17(7-3)18-9-8-10-19(14-18)31(25,26)27/h8-12,14-17H,5-7,13H2,1-4H3,(H,25,26,27)(H,28,29,30). The van der Waals surface area contributed by atoms with Crippen LogP contribution >= 0.6 is 11.6 Å². The molecule has 0 spiro atoms. The number of hydrogen-bond donors (Lipinski definition) is 2. The second-order valence-electron chi connectivity index (χ2n) is 8.17. The van der Waals surface area contributed by atoms with Crippen LogP contribution in [0.2, 0.25) is 5.02 Å². The van der Waals surface area contributed by atoms with Gasteiger partial charge in [-0.15, -0.1) is 0 Å². The van der Waals surface area contributed by atoms with E-state index in [9.17, 15) is 25.9 Å². The van der Waals surface area contributed by atoms with Gasteiger partial charge in [-0.05, 0) is 72.3 Å². The van der Waals surface area contributed by atoms with E-state index in [2.05, 4.69) is 0 Å². The van der Waals surface area contributed by atoms with E-state index < -0.39 is 20.2 Å². The first-order valence-electron chi connectivity index (χ1n) is 10.7. The molecule has 0 aliphatic carbocycles. The molecule has 0 aliphatic heterocycles. The molecule has 0 aromatic heterocycles. The van der Waals surface area contributed by atoms with E-state index in [-0.39, 0.29) is 32.6 Å². The summed E-state index contributed by atoms with van der Waals surface area (Å²) in [6, 6.07) is 9.73. The van der Waals surface area contributed by atoms with Crippen molar-refractivity contribution in [1.29, 1.82) is 0 Å². The lowest BCUT2D eigenvalue weighted by atomic mass is 9.83. The van der Waals surface area contributed by atoms with Crippen molar-refractivity contribution in [3.8, 4) is 0 Å². The summed E-state index contributed by atoms with van der Waals surface area (Å²) in [4.78, 5) is -0.388. The van der Waals surface area contributed by atoms with E-state index in [1.165, 1.54) is 12.1 Å². The molecule has 0 aliphatic rings. The summed E-state index contributed by atoms with van der Waals surface area (Å²) in [5.41, 5.74) is 1.89. The van der Waals surface area contributed by atoms with Crippen LogP contribution in [0.3, 0.4) is 0 Å². The second-order valence-corrected chi connectivity index (χ2v) is 11.3. The Kier molecular flexibility index (Phi) is 8.92. The van der Waals surface area contributed by atoms with Gasteiger partial charge in [0, 0.05) is 0 Å². The van der Waals surface area contributed by atoms with Gasteiger partial charge in [-0.25, -0.2) is 0 Å². The molecule has 2 unspecified atom stereocenters.